The summed E-state index contributed by atoms with van der Waals surface area (Å²) in [5.74, 6) is 5.70. The highest BCUT2D eigenvalue weighted by molar-refractivity contribution is 5.25. The van der Waals surface area contributed by atoms with Crippen LogP contribution in [-0.2, 0) is 0 Å². The molecule has 0 amide bonds. The highest BCUT2D eigenvalue weighted by Gasteiger charge is 2.58. The average Bonchev–Trinajstić information content (AvgIpc) is 3.06. The predicted octanol–water partition coefficient (Wildman–Crippen LogP) is 7.80. The van der Waals surface area contributed by atoms with E-state index in [-0.39, 0.29) is 6.10 Å². The monoisotopic (exact) mass is 412 g/mol. The molecule has 4 rings (SSSR count). The van der Waals surface area contributed by atoms with Crippen LogP contribution in [0.25, 0.3) is 0 Å². The van der Waals surface area contributed by atoms with Crippen LogP contribution in [0.4, 0.5) is 0 Å². The van der Waals surface area contributed by atoms with E-state index in [2.05, 4.69) is 59.8 Å². The first kappa shape index (κ1) is 22.6. The molecule has 3 fully saturated rings. The van der Waals surface area contributed by atoms with Crippen LogP contribution in [0.3, 0.4) is 0 Å². The minimum atomic E-state index is -0.0870. The average molecular weight is 413 g/mol. The molecule has 0 aromatic heterocycles. The smallest absolute Gasteiger partial charge is 0.0577 e. The van der Waals surface area contributed by atoms with E-state index in [1.165, 1.54) is 44.9 Å². The van der Waals surface area contributed by atoms with Gasteiger partial charge in [-0.15, -0.1) is 0 Å². The summed E-state index contributed by atoms with van der Waals surface area (Å²) < 4.78 is 0. The number of rotatable bonds is 5. The van der Waals surface area contributed by atoms with Gasteiger partial charge in [-0.25, -0.2) is 0 Å². The lowest BCUT2D eigenvalue weighted by molar-refractivity contribution is -0.0540. The van der Waals surface area contributed by atoms with Crippen molar-refractivity contribution in [3.8, 4) is 0 Å². The molecule has 0 saturated heterocycles. The zero-order chi connectivity index (χ0) is 21.7. The Bertz CT molecular complexity index is 674. The first-order chi connectivity index (χ1) is 14.2. The second-order valence-corrected chi connectivity index (χ2v) is 12.4. The lowest BCUT2D eigenvalue weighted by Gasteiger charge is -2.58. The molecule has 170 valence electrons. The zero-order valence-electron chi connectivity index (χ0n) is 20.7. The van der Waals surface area contributed by atoms with Gasteiger partial charge in [0.15, 0.2) is 0 Å². The van der Waals surface area contributed by atoms with Crippen molar-refractivity contribution in [1.29, 1.82) is 0 Å². The summed E-state index contributed by atoms with van der Waals surface area (Å²) in [5.41, 5.74) is 2.51. The zero-order valence-corrected chi connectivity index (χ0v) is 20.7. The molecule has 4 aliphatic carbocycles. The fourth-order valence-electron chi connectivity index (χ4n) is 8.83. The number of aliphatic hydroxyl groups is 1. The Morgan fingerprint density at radius 2 is 1.80 bits per heavy atom. The highest BCUT2D eigenvalue weighted by Crippen LogP contribution is 2.67. The highest BCUT2D eigenvalue weighted by atomic mass is 16.3. The van der Waals surface area contributed by atoms with E-state index < -0.39 is 0 Å². The van der Waals surface area contributed by atoms with E-state index in [4.69, 9.17) is 0 Å². The maximum absolute atomic E-state index is 10.2. The predicted molar refractivity (Wildman–Crippen MR) is 128 cm³/mol. The Hall–Kier alpha value is -0.560. The molecule has 9 atom stereocenters. The molecule has 0 bridgehead atoms. The summed E-state index contributed by atoms with van der Waals surface area (Å²) in [6, 6.07) is 0. The van der Waals surface area contributed by atoms with Crippen LogP contribution < -0.4 is 0 Å². The second kappa shape index (κ2) is 8.42. The molecule has 0 aliphatic heterocycles. The topological polar surface area (TPSA) is 20.2 Å². The molecule has 1 N–H and O–H groups in total. The fraction of sp³-hybridized carbons (Fsp3) is 0.862. The molecule has 0 unspecified atom stereocenters. The number of hydrogen-bond acceptors (Lipinski definition) is 1. The van der Waals surface area contributed by atoms with Crippen LogP contribution in [0.15, 0.2) is 23.8 Å². The largest absolute Gasteiger partial charge is 0.393 e. The third kappa shape index (κ3) is 3.66. The van der Waals surface area contributed by atoms with Crippen molar-refractivity contribution >= 4 is 0 Å². The lowest BCUT2D eigenvalue weighted by atomic mass is 9.47. The van der Waals surface area contributed by atoms with Crippen molar-refractivity contribution in [2.75, 3.05) is 0 Å². The van der Waals surface area contributed by atoms with E-state index in [1.54, 1.807) is 5.57 Å². The van der Waals surface area contributed by atoms with Gasteiger partial charge in [-0.1, -0.05) is 65.3 Å². The number of hydrogen-bond donors (Lipinski definition) is 1. The first-order valence-electron chi connectivity index (χ1n) is 13.3. The Morgan fingerprint density at radius 3 is 2.50 bits per heavy atom. The van der Waals surface area contributed by atoms with Gasteiger partial charge in [0, 0.05) is 0 Å². The van der Waals surface area contributed by atoms with E-state index in [9.17, 15) is 5.11 Å². The summed E-state index contributed by atoms with van der Waals surface area (Å²) in [5, 5.41) is 10.2. The molecule has 0 spiro atoms. The van der Waals surface area contributed by atoms with E-state index in [0.717, 1.165) is 48.3 Å². The Labute approximate surface area is 186 Å². The summed E-state index contributed by atoms with van der Waals surface area (Å²) in [4.78, 5) is 0. The van der Waals surface area contributed by atoms with Gasteiger partial charge in [-0.05, 0) is 110 Å². The molecule has 0 radical (unpaired) electrons. The van der Waals surface area contributed by atoms with Gasteiger partial charge in [0.1, 0.15) is 0 Å². The molecular formula is C29H48O. The Kier molecular flexibility index (Phi) is 6.35. The van der Waals surface area contributed by atoms with Crippen molar-refractivity contribution in [2.24, 2.45) is 52.3 Å². The first-order valence-corrected chi connectivity index (χ1v) is 13.3. The van der Waals surface area contributed by atoms with Gasteiger partial charge in [-0.3, -0.25) is 0 Å². The quantitative estimate of drug-likeness (QED) is 0.457. The van der Waals surface area contributed by atoms with Crippen molar-refractivity contribution in [3.63, 3.8) is 0 Å². The Morgan fingerprint density at radius 1 is 1.03 bits per heavy atom. The van der Waals surface area contributed by atoms with Crippen LogP contribution in [0.1, 0.15) is 99.3 Å². The third-order valence-corrected chi connectivity index (χ3v) is 10.8. The molecular weight excluding hydrogens is 364 g/mol. The van der Waals surface area contributed by atoms with Crippen LogP contribution in [0.5, 0.6) is 0 Å². The van der Waals surface area contributed by atoms with Gasteiger partial charge in [0.2, 0.25) is 0 Å². The van der Waals surface area contributed by atoms with E-state index in [0.29, 0.717) is 16.7 Å². The third-order valence-electron chi connectivity index (χ3n) is 10.8. The van der Waals surface area contributed by atoms with Gasteiger partial charge >= 0.3 is 0 Å². The van der Waals surface area contributed by atoms with Gasteiger partial charge in [-0.2, -0.15) is 0 Å². The van der Waals surface area contributed by atoms with Crippen LogP contribution in [0, 0.1) is 52.3 Å². The van der Waals surface area contributed by atoms with Crippen LogP contribution in [-0.4, -0.2) is 11.2 Å². The summed E-state index contributed by atoms with van der Waals surface area (Å²) in [6.45, 7) is 14.8. The van der Waals surface area contributed by atoms with Crippen LogP contribution >= 0.6 is 0 Å². The second-order valence-electron chi connectivity index (χ2n) is 12.4. The molecule has 0 aromatic carbocycles. The van der Waals surface area contributed by atoms with Gasteiger partial charge < -0.3 is 5.11 Å². The minimum absolute atomic E-state index is 0.0870. The van der Waals surface area contributed by atoms with E-state index in [1.807, 2.05) is 0 Å². The van der Waals surface area contributed by atoms with Gasteiger partial charge in [0.25, 0.3) is 0 Å². The molecule has 3 saturated carbocycles. The van der Waals surface area contributed by atoms with E-state index >= 15 is 0 Å². The fourth-order valence-corrected chi connectivity index (χ4v) is 8.83. The standard InChI is InChI=1S/C29H48O/c1-7-21(19(2)3)9-8-20(4)25-12-13-26-24-11-10-22-18-23(30)14-16-28(22,5)27(24)15-17-29(25,26)6/h8-10,19-21,23-27,30H,7,11-18H2,1-6H3/b9-8-/t20-,21-,23-,24+,25+,26+,27-,28-,29+/m0/s1. The molecule has 0 heterocycles. The summed E-state index contributed by atoms with van der Waals surface area (Å²) in [7, 11) is 0. The minimum Gasteiger partial charge on any atom is -0.393 e. The summed E-state index contributed by atoms with van der Waals surface area (Å²) in [6.07, 6.45) is 19.1. The van der Waals surface area contributed by atoms with Crippen LogP contribution in [0.2, 0.25) is 0 Å². The maximum atomic E-state index is 10.2. The Balaban J connectivity index is 1.52. The normalized spacial score (nSPS) is 45.6. The van der Waals surface area contributed by atoms with Crippen molar-refractivity contribution in [3.05, 3.63) is 23.8 Å². The molecule has 4 aliphatic rings. The maximum Gasteiger partial charge on any atom is 0.0577 e. The number of fused-ring (bicyclic) bond motifs is 5. The van der Waals surface area contributed by atoms with Crippen molar-refractivity contribution in [2.45, 2.75) is 105 Å². The number of allylic oxidation sites excluding steroid dienone is 3. The lowest BCUT2D eigenvalue weighted by Crippen LogP contribution is -2.50. The van der Waals surface area contributed by atoms with Gasteiger partial charge in [0.05, 0.1) is 6.10 Å². The molecule has 0 aromatic rings. The molecule has 1 heteroatoms. The van der Waals surface area contributed by atoms with Crippen molar-refractivity contribution in [1.82, 2.24) is 0 Å². The van der Waals surface area contributed by atoms with Crippen molar-refractivity contribution < 1.29 is 5.11 Å². The summed E-state index contributed by atoms with van der Waals surface area (Å²) >= 11 is 0. The SMILES string of the molecule is CC[C@@H](/C=C\[C@H](C)[C@H]1CC[C@@H]2[C@H]3CC=C4C[C@@H](O)CC[C@]4(C)[C@H]3CC[C@@]21C)C(C)C. The molecule has 30 heavy (non-hydrogen) atoms. The number of aliphatic hydroxyl groups excluding tert-OH is 1. The molecule has 1 nitrogen and oxygen atoms in total.